The summed E-state index contributed by atoms with van der Waals surface area (Å²) >= 11 is 0. The van der Waals surface area contributed by atoms with E-state index >= 15 is 0 Å². The fraction of sp³-hybridized carbons (Fsp3) is 0.900. The fourth-order valence-corrected chi connectivity index (χ4v) is 3.75. The van der Waals surface area contributed by atoms with Crippen molar-refractivity contribution in [2.45, 2.75) is 115 Å². The van der Waals surface area contributed by atoms with E-state index in [1.54, 1.807) is 0 Å². The summed E-state index contributed by atoms with van der Waals surface area (Å²) in [7, 11) is -4.83. The molecule has 0 aliphatic carbocycles. The lowest BCUT2D eigenvalue weighted by Gasteiger charge is -2.20. The molecular formula is C20H38O7S. The zero-order valence-electron chi connectivity index (χ0n) is 17.4. The van der Waals surface area contributed by atoms with Gasteiger partial charge in [-0.1, -0.05) is 71.6 Å². The van der Waals surface area contributed by atoms with Crippen molar-refractivity contribution in [1.29, 1.82) is 0 Å². The average Bonchev–Trinajstić information content (AvgIpc) is 2.61. The van der Waals surface area contributed by atoms with E-state index in [-0.39, 0.29) is 0 Å². The summed E-state index contributed by atoms with van der Waals surface area (Å²) in [4.78, 5) is 23.0. The summed E-state index contributed by atoms with van der Waals surface area (Å²) in [5, 5.41) is 6.74. The van der Waals surface area contributed by atoms with Gasteiger partial charge in [-0.15, -0.1) is 0 Å². The van der Waals surface area contributed by atoms with Crippen LogP contribution in [0.2, 0.25) is 0 Å². The summed E-state index contributed by atoms with van der Waals surface area (Å²) in [5.74, 6) is -2.65. The first-order valence-corrected chi connectivity index (χ1v) is 12.1. The summed E-state index contributed by atoms with van der Waals surface area (Å²) in [5.41, 5.74) is 0. The second-order valence-electron chi connectivity index (χ2n) is 7.42. The third-order valence-electron chi connectivity index (χ3n) is 4.77. The molecule has 0 heterocycles. The van der Waals surface area contributed by atoms with Gasteiger partial charge >= 0.3 is 11.9 Å². The number of rotatable bonds is 18. The van der Waals surface area contributed by atoms with E-state index in [2.05, 4.69) is 13.8 Å². The normalized spacial score (nSPS) is 13.8. The van der Waals surface area contributed by atoms with Crippen molar-refractivity contribution in [1.82, 2.24) is 0 Å². The Kier molecular flexibility index (Phi) is 15.1. The average molecular weight is 423 g/mol. The molecular weight excluding hydrogens is 384 g/mol. The maximum Gasteiger partial charge on any atom is 0.327 e. The highest BCUT2D eigenvalue weighted by molar-refractivity contribution is 7.87. The van der Waals surface area contributed by atoms with Crippen molar-refractivity contribution in [2.24, 2.45) is 0 Å². The van der Waals surface area contributed by atoms with Crippen LogP contribution in [0.15, 0.2) is 0 Å². The van der Waals surface area contributed by atoms with Gasteiger partial charge in [0.15, 0.2) is 5.25 Å². The van der Waals surface area contributed by atoms with Gasteiger partial charge in [0.05, 0.1) is 6.42 Å². The van der Waals surface area contributed by atoms with Crippen LogP contribution in [-0.2, 0) is 24.4 Å². The summed E-state index contributed by atoms with van der Waals surface area (Å²) in [6.07, 6.45) is 11.6. The highest BCUT2D eigenvalue weighted by Crippen LogP contribution is 2.19. The van der Waals surface area contributed by atoms with Crippen molar-refractivity contribution >= 4 is 22.1 Å². The minimum atomic E-state index is -4.83. The van der Waals surface area contributed by atoms with Gasteiger partial charge in [-0.3, -0.25) is 14.1 Å². The number of carboxylic acid groups (broad SMARTS) is 1. The van der Waals surface area contributed by atoms with Crippen molar-refractivity contribution in [3.63, 3.8) is 0 Å². The SMILES string of the molecule is CCCCCCCCCC(CCCCCC)OC(=O)C(CC(=O)O)S(=O)(=O)O. The number of carboxylic acids is 1. The molecule has 0 amide bonds. The van der Waals surface area contributed by atoms with Gasteiger partial charge in [0, 0.05) is 0 Å². The van der Waals surface area contributed by atoms with E-state index in [1.807, 2.05) is 0 Å². The van der Waals surface area contributed by atoms with Crippen LogP contribution in [0.1, 0.15) is 104 Å². The third-order valence-corrected chi connectivity index (χ3v) is 5.85. The number of hydrogen-bond acceptors (Lipinski definition) is 5. The maximum atomic E-state index is 12.2. The first-order chi connectivity index (χ1) is 13.2. The molecule has 2 unspecified atom stereocenters. The van der Waals surface area contributed by atoms with Crippen LogP contribution < -0.4 is 0 Å². The highest BCUT2D eigenvalue weighted by atomic mass is 32.2. The third kappa shape index (κ3) is 13.9. The Morgan fingerprint density at radius 3 is 1.68 bits per heavy atom. The Bertz CT molecular complexity index is 531. The number of ether oxygens (including phenoxy) is 1. The van der Waals surface area contributed by atoms with E-state index in [4.69, 9.17) is 9.84 Å². The molecule has 0 aliphatic heterocycles. The first kappa shape index (κ1) is 26.9. The molecule has 28 heavy (non-hydrogen) atoms. The molecule has 2 atom stereocenters. The maximum absolute atomic E-state index is 12.2. The number of carbonyl (C=O) groups is 2. The molecule has 0 aliphatic rings. The first-order valence-electron chi connectivity index (χ1n) is 10.6. The van der Waals surface area contributed by atoms with Gasteiger partial charge in [-0.05, 0) is 25.7 Å². The van der Waals surface area contributed by atoms with Crippen molar-refractivity contribution in [2.75, 3.05) is 0 Å². The Morgan fingerprint density at radius 2 is 1.25 bits per heavy atom. The Labute approximate surface area is 170 Å². The summed E-state index contributed by atoms with van der Waals surface area (Å²) in [6, 6.07) is 0. The van der Waals surface area contributed by atoms with E-state index in [9.17, 15) is 22.6 Å². The predicted molar refractivity (Wildman–Crippen MR) is 109 cm³/mol. The molecule has 0 bridgehead atoms. The molecule has 0 rings (SSSR count). The topological polar surface area (TPSA) is 118 Å². The van der Waals surface area contributed by atoms with E-state index in [0.717, 1.165) is 44.9 Å². The molecule has 0 spiro atoms. The van der Waals surface area contributed by atoms with Crippen molar-refractivity contribution < 1.29 is 32.4 Å². The number of esters is 1. The predicted octanol–water partition coefficient (Wildman–Crippen LogP) is 4.74. The molecule has 0 aromatic heterocycles. The Morgan fingerprint density at radius 1 is 0.821 bits per heavy atom. The standard InChI is InChI=1S/C20H38O7S/c1-3-5-7-9-10-11-13-15-17(14-12-8-6-4-2)27-20(23)18(16-19(21)22)28(24,25)26/h17-18H,3-16H2,1-2H3,(H,21,22)(H,24,25,26). The van der Waals surface area contributed by atoms with Gasteiger partial charge in [-0.25, -0.2) is 0 Å². The van der Waals surface area contributed by atoms with Gasteiger partial charge in [0.25, 0.3) is 10.1 Å². The fourth-order valence-electron chi connectivity index (χ4n) is 3.10. The minimum absolute atomic E-state index is 0.446. The lowest BCUT2D eigenvalue weighted by molar-refractivity contribution is -0.152. The minimum Gasteiger partial charge on any atom is -0.481 e. The number of aliphatic carboxylic acids is 1. The molecule has 8 heteroatoms. The second-order valence-corrected chi connectivity index (χ2v) is 9.02. The van der Waals surface area contributed by atoms with Gasteiger partial charge in [-0.2, -0.15) is 8.42 Å². The zero-order valence-corrected chi connectivity index (χ0v) is 18.2. The lowest BCUT2D eigenvalue weighted by atomic mass is 10.0. The molecule has 0 saturated heterocycles. The van der Waals surface area contributed by atoms with Crippen LogP contribution in [-0.4, -0.2) is 41.4 Å². The lowest BCUT2D eigenvalue weighted by Crippen LogP contribution is -2.36. The largest absolute Gasteiger partial charge is 0.481 e. The summed E-state index contributed by atoms with van der Waals surface area (Å²) < 4.78 is 37.2. The van der Waals surface area contributed by atoms with Crippen LogP contribution in [0.4, 0.5) is 0 Å². The van der Waals surface area contributed by atoms with E-state index in [0.29, 0.717) is 12.8 Å². The van der Waals surface area contributed by atoms with Crippen LogP contribution >= 0.6 is 0 Å². The van der Waals surface area contributed by atoms with Gasteiger partial charge < -0.3 is 9.84 Å². The van der Waals surface area contributed by atoms with Gasteiger partial charge in [0.1, 0.15) is 6.10 Å². The molecule has 0 fully saturated rings. The van der Waals surface area contributed by atoms with Crippen LogP contribution in [0, 0.1) is 0 Å². The number of hydrogen-bond donors (Lipinski definition) is 2. The van der Waals surface area contributed by atoms with E-state index in [1.165, 1.54) is 25.7 Å². The molecule has 2 N–H and O–H groups in total. The quantitative estimate of drug-likeness (QED) is 0.186. The number of carbonyl (C=O) groups excluding carboxylic acids is 1. The summed E-state index contributed by atoms with van der Waals surface area (Å²) in [6.45, 7) is 4.26. The Hall–Kier alpha value is -1.15. The van der Waals surface area contributed by atoms with E-state index < -0.39 is 39.8 Å². The molecule has 0 aromatic rings. The smallest absolute Gasteiger partial charge is 0.327 e. The molecule has 0 aromatic carbocycles. The highest BCUT2D eigenvalue weighted by Gasteiger charge is 2.36. The van der Waals surface area contributed by atoms with Crippen LogP contribution in [0.25, 0.3) is 0 Å². The zero-order chi connectivity index (χ0) is 21.4. The van der Waals surface area contributed by atoms with Crippen molar-refractivity contribution in [3.8, 4) is 0 Å². The van der Waals surface area contributed by atoms with Gasteiger partial charge in [0.2, 0.25) is 0 Å². The number of unbranched alkanes of at least 4 members (excludes halogenated alkanes) is 9. The second kappa shape index (κ2) is 15.7. The molecule has 0 saturated carbocycles. The monoisotopic (exact) mass is 422 g/mol. The van der Waals surface area contributed by atoms with Crippen LogP contribution in [0.3, 0.4) is 0 Å². The molecule has 166 valence electrons. The Balaban J connectivity index is 4.66. The van der Waals surface area contributed by atoms with Crippen LogP contribution in [0.5, 0.6) is 0 Å². The molecule has 7 nitrogen and oxygen atoms in total. The molecule has 0 radical (unpaired) electrons. The van der Waals surface area contributed by atoms with Crippen molar-refractivity contribution in [3.05, 3.63) is 0 Å².